The molecule has 3 nitrogen and oxygen atoms in total. The summed E-state index contributed by atoms with van der Waals surface area (Å²) in [7, 11) is 0. The maximum absolute atomic E-state index is 12.2. The summed E-state index contributed by atoms with van der Waals surface area (Å²) in [6, 6.07) is 4.10. The number of likely N-dealkylation sites (tertiary alicyclic amines) is 1. The summed E-state index contributed by atoms with van der Waals surface area (Å²) in [6.07, 6.45) is 3.98. The largest absolute Gasteiger partial charge is 0.342 e. The van der Waals surface area contributed by atoms with E-state index in [1.54, 1.807) is 22.7 Å². The summed E-state index contributed by atoms with van der Waals surface area (Å²) < 4.78 is 0. The van der Waals surface area contributed by atoms with E-state index in [-0.39, 0.29) is 5.91 Å². The van der Waals surface area contributed by atoms with Gasteiger partial charge in [0.05, 0.1) is 17.0 Å². The van der Waals surface area contributed by atoms with Gasteiger partial charge < -0.3 is 4.90 Å². The Labute approximate surface area is 120 Å². The minimum absolute atomic E-state index is 0.225. The number of aromatic nitrogens is 1. The molecule has 1 aliphatic heterocycles. The Morgan fingerprint density at radius 3 is 2.84 bits per heavy atom. The highest BCUT2D eigenvalue weighted by atomic mass is 32.1. The SMILES string of the molecule is O=C(Cc1csc(-c2cccs2)n1)N1CCCCC1. The van der Waals surface area contributed by atoms with Crippen LogP contribution in [0.1, 0.15) is 25.0 Å². The molecule has 5 heteroatoms. The Morgan fingerprint density at radius 2 is 2.11 bits per heavy atom. The lowest BCUT2D eigenvalue weighted by atomic mass is 10.1. The van der Waals surface area contributed by atoms with E-state index in [1.807, 2.05) is 16.3 Å². The summed E-state index contributed by atoms with van der Waals surface area (Å²) in [6.45, 7) is 1.83. The molecule has 1 aliphatic rings. The summed E-state index contributed by atoms with van der Waals surface area (Å²) >= 11 is 3.31. The van der Waals surface area contributed by atoms with Crippen molar-refractivity contribution in [1.29, 1.82) is 0 Å². The van der Waals surface area contributed by atoms with E-state index < -0.39 is 0 Å². The molecule has 1 amide bonds. The fourth-order valence-electron chi connectivity index (χ4n) is 2.31. The van der Waals surface area contributed by atoms with Crippen molar-refractivity contribution in [2.45, 2.75) is 25.7 Å². The average molecular weight is 292 g/mol. The second-order valence-electron chi connectivity index (χ2n) is 4.74. The molecule has 0 spiro atoms. The van der Waals surface area contributed by atoms with Gasteiger partial charge in [-0.25, -0.2) is 4.98 Å². The van der Waals surface area contributed by atoms with Crippen molar-refractivity contribution in [3.63, 3.8) is 0 Å². The molecule has 2 aromatic heterocycles. The van der Waals surface area contributed by atoms with E-state index in [4.69, 9.17) is 0 Å². The highest BCUT2D eigenvalue weighted by Crippen LogP contribution is 2.28. The third kappa shape index (κ3) is 3.04. The molecular formula is C14H16N2OS2. The van der Waals surface area contributed by atoms with Crippen molar-refractivity contribution < 1.29 is 4.79 Å². The van der Waals surface area contributed by atoms with Crippen LogP contribution < -0.4 is 0 Å². The lowest BCUT2D eigenvalue weighted by Gasteiger charge is -2.26. The van der Waals surface area contributed by atoms with Crippen LogP contribution in [0.2, 0.25) is 0 Å². The van der Waals surface area contributed by atoms with Gasteiger partial charge >= 0.3 is 0 Å². The Balaban J connectivity index is 1.65. The van der Waals surface area contributed by atoms with Gasteiger partial charge in [0.2, 0.25) is 5.91 Å². The fraction of sp³-hybridized carbons (Fsp3) is 0.429. The van der Waals surface area contributed by atoms with Gasteiger partial charge in [0.25, 0.3) is 0 Å². The van der Waals surface area contributed by atoms with E-state index in [9.17, 15) is 4.79 Å². The van der Waals surface area contributed by atoms with E-state index in [0.717, 1.165) is 36.6 Å². The van der Waals surface area contributed by atoms with Crippen LogP contribution in [0.3, 0.4) is 0 Å². The number of carbonyl (C=O) groups excluding carboxylic acids is 1. The highest BCUT2D eigenvalue weighted by Gasteiger charge is 2.18. The zero-order valence-electron chi connectivity index (χ0n) is 10.7. The second kappa shape index (κ2) is 5.84. The molecule has 0 bridgehead atoms. The van der Waals surface area contributed by atoms with Crippen LogP contribution in [-0.2, 0) is 11.2 Å². The standard InChI is InChI=1S/C14H16N2OS2/c17-13(16-6-2-1-3-7-16)9-11-10-19-14(15-11)12-5-4-8-18-12/h4-5,8,10H,1-3,6-7,9H2. The lowest BCUT2D eigenvalue weighted by Crippen LogP contribution is -2.36. The summed E-state index contributed by atoms with van der Waals surface area (Å²) in [5.41, 5.74) is 0.906. The number of thiophene rings is 1. The van der Waals surface area contributed by atoms with E-state index in [1.165, 1.54) is 11.3 Å². The van der Waals surface area contributed by atoms with Gasteiger partial charge in [-0.2, -0.15) is 0 Å². The zero-order chi connectivity index (χ0) is 13.1. The van der Waals surface area contributed by atoms with E-state index >= 15 is 0 Å². The van der Waals surface area contributed by atoms with Crippen LogP contribution in [0.15, 0.2) is 22.9 Å². The second-order valence-corrected chi connectivity index (χ2v) is 6.55. The number of hydrogen-bond acceptors (Lipinski definition) is 4. The van der Waals surface area contributed by atoms with Crippen LogP contribution in [0.4, 0.5) is 0 Å². The number of carbonyl (C=O) groups is 1. The minimum Gasteiger partial charge on any atom is -0.342 e. The van der Waals surface area contributed by atoms with Gasteiger partial charge in [0.15, 0.2) is 0 Å². The Hall–Kier alpha value is -1.20. The molecule has 3 heterocycles. The Kier molecular flexibility index (Phi) is 3.94. The van der Waals surface area contributed by atoms with Crippen molar-refractivity contribution in [2.75, 3.05) is 13.1 Å². The quantitative estimate of drug-likeness (QED) is 0.868. The monoisotopic (exact) mass is 292 g/mol. The molecule has 3 rings (SSSR count). The summed E-state index contributed by atoms with van der Waals surface area (Å²) in [5.74, 6) is 0.225. The topological polar surface area (TPSA) is 33.2 Å². The first-order valence-corrected chi connectivity index (χ1v) is 8.35. The first-order chi connectivity index (χ1) is 9.33. The van der Waals surface area contributed by atoms with Crippen molar-refractivity contribution in [1.82, 2.24) is 9.88 Å². The molecule has 100 valence electrons. The molecule has 0 saturated carbocycles. The van der Waals surface area contributed by atoms with E-state index in [2.05, 4.69) is 16.4 Å². The predicted octanol–water partition coefficient (Wildman–Crippen LogP) is 3.43. The molecule has 0 atom stereocenters. The molecule has 2 aromatic rings. The fourth-order valence-corrected chi connectivity index (χ4v) is 3.95. The van der Waals surface area contributed by atoms with Crippen molar-refractivity contribution in [2.24, 2.45) is 0 Å². The number of piperidine rings is 1. The molecule has 0 radical (unpaired) electrons. The van der Waals surface area contributed by atoms with Gasteiger partial charge in [-0.05, 0) is 30.7 Å². The number of thiazole rings is 1. The van der Waals surface area contributed by atoms with Gasteiger partial charge in [-0.15, -0.1) is 22.7 Å². The molecule has 0 N–H and O–H groups in total. The zero-order valence-corrected chi connectivity index (χ0v) is 12.3. The molecule has 0 aliphatic carbocycles. The van der Waals surface area contributed by atoms with Crippen LogP contribution in [-0.4, -0.2) is 28.9 Å². The Morgan fingerprint density at radius 1 is 1.26 bits per heavy atom. The third-order valence-corrected chi connectivity index (χ3v) is 5.26. The first kappa shape index (κ1) is 12.8. The van der Waals surface area contributed by atoms with Crippen LogP contribution in [0.5, 0.6) is 0 Å². The van der Waals surface area contributed by atoms with Gasteiger partial charge in [-0.1, -0.05) is 6.07 Å². The van der Waals surface area contributed by atoms with Gasteiger partial charge in [-0.3, -0.25) is 4.79 Å². The lowest BCUT2D eigenvalue weighted by molar-refractivity contribution is -0.131. The number of hydrogen-bond donors (Lipinski definition) is 0. The highest BCUT2D eigenvalue weighted by molar-refractivity contribution is 7.20. The van der Waals surface area contributed by atoms with Gasteiger partial charge in [0.1, 0.15) is 5.01 Å². The molecule has 0 unspecified atom stereocenters. The number of amides is 1. The minimum atomic E-state index is 0.225. The Bertz CT molecular complexity index is 542. The van der Waals surface area contributed by atoms with E-state index in [0.29, 0.717) is 6.42 Å². The first-order valence-electron chi connectivity index (χ1n) is 6.59. The van der Waals surface area contributed by atoms with Crippen molar-refractivity contribution in [3.05, 3.63) is 28.6 Å². The van der Waals surface area contributed by atoms with Crippen LogP contribution in [0.25, 0.3) is 9.88 Å². The van der Waals surface area contributed by atoms with Gasteiger partial charge in [0, 0.05) is 18.5 Å². The average Bonchev–Trinajstić information content (AvgIpc) is 3.10. The summed E-state index contributed by atoms with van der Waals surface area (Å²) in [4.78, 5) is 19.9. The smallest absolute Gasteiger partial charge is 0.228 e. The molecule has 1 fully saturated rings. The third-order valence-electron chi connectivity index (χ3n) is 3.32. The van der Waals surface area contributed by atoms with Crippen LogP contribution >= 0.6 is 22.7 Å². The number of nitrogens with zero attached hydrogens (tertiary/aromatic N) is 2. The van der Waals surface area contributed by atoms with Crippen molar-refractivity contribution >= 4 is 28.6 Å². The molecule has 1 saturated heterocycles. The van der Waals surface area contributed by atoms with Crippen molar-refractivity contribution in [3.8, 4) is 9.88 Å². The maximum atomic E-state index is 12.2. The number of rotatable bonds is 3. The normalized spacial score (nSPS) is 15.7. The summed E-state index contributed by atoms with van der Waals surface area (Å²) in [5, 5.41) is 5.09. The maximum Gasteiger partial charge on any atom is 0.228 e. The predicted molar refractivity (Wildman–Crippen MR) is 79.6 cm³/mol. The molecule has 19 heavy (non-hydrogen) atoms. The molecule has 0 aromatic carbocycles. The molecular weight excluding hydrogens is 276 g/mol. The van der Waals surface area contributed by atoms with Crippen LogP contribution in [0, 0.1) is 0 Å².